The highest BCUT2D eigenvalue weighted by Gasteiger charge is 2.25. The van der Waals surface area contributed by atoms with E-state index in [4.69, 9.17) is 15.4 Å². The fraction of sp³-hybridized carbons (Fsp3) is 0.625. The van der Waals surface area contributed by atoms with Crippen LogP contribution >= 0.6 is 10.7 Å². The van der Waals surface area contributed by atoms with Crippen LogP contribution in [0.4, 0.5) is 0 Å². The van der Waals surface area contributed by atoms with Crippen molar-refractivity contribution in [2.75, 3.05) is 12.4 Å². The molecule has 0 N–H and O–H groups in total. The molecule has 0 aliphatic heterocycles. The highest BCUT2D eigenvalue weighted by Crippen LogP contribution is 2.28. The van der Waals surface area contributed by atoms with E-state index in [1.54, 1.807) is 0 Å². The number of hydrogen-bond acceptors (Lipinski definition) is 3. The van der Waals surface area contributed by atoms with Gasteiger partial charge in [-0.1, -0.05) is 50.1 Å². The van der Waals surface area contributed by atoms with Gasteiger partial charge in [0.25, 0.3) is 0 Å². The number of hydrogen-bond donors (Lipinski definition) is 0. The van der Waals surface area contributed by atoms with E-state index in [9.17, 15) is 8.42 Å². The van der Waals surface area contributed by atoms with Crippen molar-refractivity contribution in [3.8, 4) is 0 Å². The molecule has 0 spiro atoms. The van der Waals surface area contributed by atoms with Gasteiger partial charge >= 0.3 is 0 Å². The lowest BCUT2D eigenvalue weighted by Gasteiger charge is -2.30. The van der Waals surface area contributed by atoms with Gasteiger partial charge in [0.05, 0.1) is 18.5 Å². The first-order valence-electron chi connectivity index (χ1n) is 7.54. The fourth-order valence-corrected chi connectivity index (χ4v) is 4.20. The predicted octanol–water partition coefficient (Wildman–Crippen LogP) is 3.93. The molecule has 21 heavy (non-hydrogen) atoms. The molecule has 0 radical (unpaired) electrons. The van der Waals surface area contributed by atoms with Gasteiger partial charge in [0.15, 0.2) is 0 Å². The second-order valence-corrected chi connectivity index (χ2v) is 8.77. The van der Waals surface area contributed by atoms with Crippen LogP contribution in [-0.4, -0.2) is 26.9 Å². The summed E-state index contributed by atoms with van der Waals surface area (Å²) in [6.45, 7) is 2.62. The van der Waals surface area contributed by atoms with E-state index in [0.717, 1.165) is 12.0 Å². The smallest absolute Gasteiger partial charge is 0.233 e. The Morgan fingerprint density at radius 2 is 1.90 bits per heavy atom. The van der Waals surface area contributed by atoms with E-state index in [0.29, 0.717) is 12.5 Å². The van der Waals surface area contributed by atoms with Gasteiger partial charge in [-0.3, -0.25) is 0 Å². The standard InChI is InChI=1S/C16H23ClO3S/c1-13-7-5-6-10-16(13)20-11-15(12-21(17,18)19)14-8-3-2-4-9-14/h2-4,8-9,13,15-16H,5-7,10-12H2,1H3. The molecule has 3 nitrogen and oxygen atoms in total. The lowest BCUT2D eigenvalue weighted by Crippen LogP contribution is -2.28. The topological polar surface area (TPSA) is 43.4 Å². The van der Waals surface area contributed by atoms with Crippen molar-refractivity contribution in [3.63, 3.8) is 0 Å². The molecule has 1 aliphatic carbocycles. The van der Waals surface area contributed by atoms with E-state index in [1.807, 2.05) is 30.3 Å². The van der Waals surface area contributed by atoms with Crippen molar-refractivity contribution in [2.24, 2.45) is 5.92 Å². The van der Waals surface area contributed by atoms with Crippen LogP contribution in [0.25, 0.3) is 0 Å². The zero-order valence-electron chi connectivity index (χ0n) is 12.4. The second kappa shape index (κ2) is 7.61. The Morgan fingerprint density at radius 1 is 1.24 bits per heavy atom. The molecule has 3 atom stereocenters. The maximum Gasteiger partial charge on any atom is 0.233 e. The summed E-state index contributed by atoms with van der Waals surface area (Å²) in [4.78, 5) is 0. The summed E-state index contributed by atoms with van der Waals surface area (Å²) < 4.78 is 28.9. The van der Waals surface area contributed by atoms with E-state index >= 15 is 0 Å². The third-order valence-corrected chi connectivity index (χ3v) is 5.39. The quantitative estimate of drug-likeness (QED) is 0.742. The number of ether oxygens (including phenoxy) is 1. The molecule has 1 aliphatic rings. The van der Waals surface area contributed by atoms with Crippen molar-refractivity contribution in [2.45, 2.75) is 44.6 Å². The Bertz CT molecular complexity index is 530. The summed E-state index contributed by atoms with van der Waals surface area (Å²) in [5.74, 6) is 0.255. The van der Waals surface area contributed by atoms with Gasteiger partial charge < -0.3 is 4.74 Å². The zero-order valence-corrected chi connectivity index (χ0v) is 13.9. The number of halogens is 1. The summed E-state index contributed by atoms with van der Waals surface area (Å²) in [5.41, 5.74) is 0.963. The maximum atomic E-state index is 11.4. The largest absolute Gasteiger partial charge is 0.377 e. The Hall–Kier alpha value is -0.580. The van der Waals surface area contributed by atoms with E-state index in [-0.39, 0.29) is 17.8 Å². The highest BCUT2D eigenvalue weighted by atomic mass is 35.7. The molecule has 0 bridgehead atoms. The van der Waals surface area contributed by atoms with Crippen molar-refractivity contribution in [1.29, 1.82) is 0 Å². The summed E-state index contributed by atoms with van der Waals surface area (Å²) in [7, 11) is 1.90. The molecule has 1 fully saturated rings. The number of rotatable bonds is 6. The normalized spacial score (nSPS) is 24.7. The molecule has 0 heterocycles. The minimum atomic E-state index is -3.55. The fourth-order valence-electron chi connectivity index (χ4n) is 2.98. The van der Waals surface area contributed by atoms with Crippen molar-refractivity contribution < 1.29 is 13.2 Å². The Kier molecular flexibility index (Phi) is 6.08. The van der Waals surface area contributed by atoms with Crippen LogP contribution < -0.4 is 0 Å². The van der Waals surface area contributed by atoms with Crippen LogP contribution in [0.2, 0.25) is 0 Å². The van der Waals surface area contributed by atoms with E-state index in [1.165, 1.54) is 19.3 Å². The van der Waals surface area contributed by atoms with Gasteiger partial charge in [0.1, 0.15) is 0 Å². The molecular formula is C16H23ClO3S. The summed E-state index contributed by atoms with van der Waals surface area (Å²) >= 11 is 0. The minimum absolute atomic E-state index is 0.0837. The maximum absolute atomic E-state index is 11.4. The van der Waals surface area contributed by atoms with E-state index < -0.39 is 9.05 Å². The van der Waals surface area contributed by atoms with Crippen LogP contribution in [0.1, 0.15) is 44.1 Å². The monoisotopic (exact) mass is 330 g/mol. The third kappa shape index (κ3) is 5.61. The molecule has 1 aromatic rings. The number of benzene rings is 1. The Balaban J connectivity index is 2.02. The molecular weight excluding hydrogens is 308 g/mol. The van der Waals surface area contributed by atoms with E-state index in [2.05, 4.69) is 6.92 Å². The molecule has 0 aromatic heterocycles. The minimum Gasteiger partial charge on any atom is -0.377 e. The van der Waals surface area contributed by atoms with Gasteiger partial charge in [0, 0.05) is 16.6 Å². The molecule has 0 amide bonds. The molecule has 0 saturated heterocycles. The predicted molar refractivity (Wildman–Crippen MR) is 86.2 cm³/mol. The Morgan fingerprint density at radius 3 is 2.52 bits per heavy atom. The van der Waals surface area contributed by atoms with Crippen molar-refractivity contribution in [1.82, 2.24) is 0 Å². The zero-order chi connectivity index (χ0) is 15.3. The van der Waals surface area contributed by atoms with Gasteiger partial charge in [-0.05, 0) is 24.3 Å². The highest BCUT2D eigenvalue weighted by molar-refractivity contribution is 8.13. The van der Waals surface area contributed by atoms with Crippen LogP contribution in [-0.2, 0) is 13.8 Å². The van der Waals surface area contributed by atoms with Crippen LogP contribution in [0.5, 0.6) is 0 Å². The summed E-state index contributed by atoms with van der Waals surface area (Å²) in [6.07, 6.45) is 4.95. The van der Waals surface area contributed by atoms with Gasteiger partial charge in [-0.2, -0.15) is 0 Å². The first kappa shape index (κ1) is 16.8. The van der Waals surface area contributed by atoms with Crippen molar-refractivity contribution >= 4 is 19.7 Å². The lowest BCUT2D eigenvalue weighted by molar-refractivity contribution is -0.00980. The van der Waals surface area contributed by atoms with Crippen molar-refractivity contribution in [3.05, 3.63) is 35.9 Å². The first-order valence-corrected chi connectivity index (χ1v) is 10.0. The first-order chi connectivity index (χ1) is 9.96. The molecule has 5 heteroatoms. The van der Waals surface area contributed by atoms with Gasteiger partial charge in [-0.25, -0.2) is 8.42 Å². The summed E-state index contributed by atoms with van der Waals surface area (Å²) in [6, 6.07) is 9.60. The van der Waals surface area contributed by atoms with Crippen LogP contribution in [0.3, 0.4) is 0 Å². The lowest BCUT2D eigenvalue weighted by atomic mass is 9.88. The molecule has 3 unspecified atom stereocenters. The second-order valence-electron chi connectivity index (χ2n) is 5.95. The third-order valence-electron chi connectivity index (χ3n) is 4.22. The summed E-state index contributed by atoms with van der Waals surface area (Å²) in [5, 5.41) is 0. The Labute approximate surface area is 132 Å². The molecule has 2 rings (SSSR count). The molecule has 118 valence electrons. The van der Waals surface area contributed by atoms with Gasteiger partial charge in [-0.15, -0.1) is 0 Å². The van der Waals surface area contributed by atoms with Crippen LogP contribution in [0.15, 0.2) is 30.3 Å². The molecule has 1 aromatic carbocycles. The SMILES string of the molecule is CC1CCCCC1OCC(CS(=O)(=O)Cl)c1ccccc1. The average Bonchev–Trinajstić information content (AvgIpc) is 2.45. The van der Waals surface area contributed by atoms with Gasteiger partial charge in [0.2, 0.25) is 9.05 Å². The molecule has 1 saturated carbocycles. The average molecular weight is 331 g/mol. The van der Waals surface area contributed by atoms with Crippen LogP contribution in [0, 0.1) is 5.92 Å².